The fraction of sp³-hybridized carbons (Fsp3) is 0.400. The van der Waals surface area contributed by atoms with Gasteiger partial charge in [-0.05, 0) is 18.1 Å². The van der Waals surface area contributed by atoms with Crippen molar-refractivity contribution in [1.29, 1.82) is 0 Å². The Balaban J connectivity index is 2.49. The minimum atomic E-state index is -0.537. The zero-order chi connectivity index (χ0) is 9.42. The van der Waals surface area contributed by atoms with Crippen LogP contribution in [0.3, 0.4) is 0 Å². The molecule has 0 saturated carbocycles. The molecule has 3 nitrogen and oxygen atoms in total. The van der Waals surface area contributed by atoms with Crippen molar-refractivity contribution < 1.29 is 9.84 Å². The van der Waals surface area contributed by atoms with Gasteiger partial charge in [0.25, 0.3) is 0 Å². The maximum Gasteiger partial charge on any atom is 0.122 e. The van der Waals surface area contributed by atoms with Crippen molar-refractivity contribution in [2.75, 3.05) is 7.11 Å². The van der Waals surface area contributed by atoms with Crippen LogP contribution < -0.4 is 10.5 Å². The van der Waals surface area contributed by atoms with E-state index in [-0.39, 0.29) is 6.04 Å². The lowest BCUT2D eigenvalue weighted by atomic mass is 10.1. The van der Waals surface area contributed by atoms with Crippen LogP contribution in [0.2, 0.25) is 0 Å². The highest BCUT2D eigenvalue weighted by Gasteiger charge is 2.29. The van der Waals surface area contributed by atoms with Crippen molar-refractivity contribution in [1.82, 2.24) is 0 Å². The number of fused-ring (bicyclic) bond motifs is 1. The zero-order valence-corrected chi connectivity index (χ0v) is 7.53. The molecular formula is C10H13NO2. The van der Waals surface area contributed by atoms with Gasteiger partial charge in [0.2, 0.25) is 0 Å². The molecule has 0 amide bonds. The molecule has 0 unspecified atom stereocenters. The lowest BCUT2D eigenvalue weighted by Crippen LogP contribution is -2.24. The summed E-state index contributed by atoms with van der Waals surface area (Å²) in [5, 5.41) is 9.69. The highest BCUT2D eigenvalue weighted by molar-refractivity contribution is 5.45. The van der Waals surface area contributed by atoms with E-state index in [0.29, 0.717) is 6.42 Å². The van der Waals surface area contributed by atoms with Crippen molar-refractivity contribution in [2.24, 2.45) is 5.73 Å². The third-order valence-electron chi connectivity index (χ3n) is 2.55. The van der Waals surface area contributed by atoms with Crippen molar-refractivity contribution in [2.45, 2.75) is 18.6 Å². The van der Waals surface area contributed by atoms with Gasteiger partial charge in [0.05, 0.1) is 13.2 Å². The van der Waals surface area contributed by atoms with Gasteiger partial charge >= 0.3 is 0 Å². The van der Waals surface area contributed by atoms with Crippen LogP contribution in [-0.2, 0) is 6.42 Å². The van der Waals surface area contributed by atoms with E-state index in [1.54, 1.807) is 7.11 Å². The fourth-order valence-corrected chi connectivity index (χ4v) is 1.85. The number of hydrogen-bond donors (Lipinski definition) is 2. The van der Waals surface area contributed by atoms with Gasteiger partial charge in [-0.15, -0.1) is 0 Å². The van der Waals surface area contributed by atoms with Gasteiger partial charge < -0.3 is 15.6 Å². The Morgan fingerprint density at radius 3 is 3.00 bits per heavy atom. The van der Waals surface area contributed by atoms with E-state index in [1.807, 2.05) is 18.2 Å². The van der Waals surface area contributed by atoms with Gasteiger partial charge in [0, 0.05) is 11.6 Å². The maximum atomic E-state index is 9.69. The molecule has 0 aromatic heterocycles. The second-order valence-corrected chi connectivity index (χ2v) is 3.34. The number of ether oxygens (including phenoxy) is 1. The van der Waals surface area contributed by atoms with Gasteiger partial charge in [-0.2, -0.15) is 0 Å². The van der Waals surface area contributed by atoms with E-state index in [1.165, 1.54) is 0 Å². The predicted octanol–water partition coefficient (Wildman–Crippen LogP) is 0.612. The van der Waals surface area contributed by atoms with E-state index in [0.717, 1.165) is 16.9 Å². The standard InChI is InChI=1S/C10H13NO2/c1-13-9-4-2-3-6-7(9)5-8(11)10(6)12/h2-4,8,10,12H,5,11H2,1H3/t8-,10+/m0/s1. The lowest BCUT2D eigenvalue weighted by molar-refractivity contribution is 0.159. The largest absolute Gasteiger partial charge is 0.496 e. The Hall–Kier alpha value is -1.06. The second kappa shape index (κ2) is 3.01. The van der Waals surface area contributed by atoms with Crippen LogP contribution in [0.15, 0.2) is 18.2 Å². The summed E-state index contributed by atoms with van der Waals surface area (Å²) in [6.45, 7) is 0. The maximum absolute atomic E-state index is 9.69. The SMILES string of the molecule is COc1cccc2c1C[C@H](N)[C@@H]2O. The minimum absolute atomic E-state index is 0.189. The molecule has 3 N–H and O–H groups in total. The van der Waals surface area contributed by atoms with Crippen LogP contribution >= 0.6 is 0 Å². The molecule has 1 aliphatic carbocycles. The molecule has 0 bridgehead atoms. The highest BCUT2D eigenvalue weighted by atomic mass is 16.5. The van der Waals surface area contributed by atoms with E-state index in [2.05, 4.69) is 0 Å². The molecule has 0 heterocycles. The van der Waals surface area contributed by atoms with Crippen LogP contribution in [0.1, 0.15) is 17.2 Å². The Kier molecular flexibility index (Phi) is 1.98. The highest BCUT2D eigenvalue weighted by Crippen LogP contribution is 2.35. The normalized spacial score (nSPS) is 25.8. The van der Waals surface area contributed by atoms with Crippen LogP contribution in [-0.4, -0.2) is 18.3 Å². The van der Waals surface area contributed by atoms with E-state index < -0.39 is 6.10 Å². The molecule has 0 aliphatic heterocycles. The van der Waals surface area contributed by atoms with E-state index >= 15 is 0 Å². The monoisotopic (exact) mass is 179 g/mol. The van der Waals surface area contributed by atoms with E-state index in [4.69, 9.17) is 10.5 Å². The summed E-state index contributed by atoms with van der Waals surface area (Å²) in [7, 11) is 1.63. The first-order valence-electron chi connectivity index (χ1n) is 4.33. The summed E-state index contributed by atoms with van der Waals surface area (Å²) in [5.74, 6) is 0.824. The molecule has 0 spiro atoms. The zero-order valence-electron chi connectivity index (χ0n) is 7.53. The van der Waals surface area contributed by atoms with Gasteiger partial charge in [0.1, 0.15) is 5.75 Å². The van der Waals surface area contributed by atoms with Gasteiger partial charge in [-0.25, -0.2) is 0 Å². The van der Waals surface area contributed by atoms with Gasteiger partial charge in [0.15, 0.2) is 0 Å². The lowest BCUT2D eigenvalue weighted by Gasteiger charge is -2.08. The first-order chi connectivity index (χ1) is 6.24. The van der Waals surface area contributed by atoms with E-state index in [9.17, 15) is 5.11 Å². The molecule has 0 saturated heterocycles. The third-order valence-corrected chi connectivity index (χ3v) is 2.55. The molecule has 3 heteroatoms. The summed E-state index contributed by atoms with van der Waals surface area (Å²) in [4.78, 5) is 0. The van der Waals surface area contributed by atoms with Crippen molar-refractivity contribution in [3.63, 3.8) is 0 Å². The van der Waals surface area contributed by atoms with Crippen molar-refractivity contribution in [3.8, 4) is 5.75 Å². The predicted molar refractivity (Wildman–Crippen MR) is 49.6 cm³/mol. The molecule has 0 fully saturated rings. The van der Waals surface area contributed by atoms with Gasteiger partial charge in [-0.3, -0.25) is 0 Å². The van der Waals surface area contributed by atoms with Crippen LogP contribution in [0.5, 0.6) is 5.75 Å². The number of benzene rings is 1. The van der Waals surface area contributed by atoms with Crippen LogP contribution in [0.25, 0.3) is 0 Å². The number of methoxy groups -OCH3 is 1. The average Bonchev–Trinajstić information content (AvgIpc) is 2.43. The average molecular weight is 179 g/mol. The number of nitrogens with two attached hydrogens (primary N) is 1. The Bertz CT molecular complexity index is 325. The summed E-state index contributed by atoms with van der Waals surface area (Å²) >= 11 is 0. The number of hydrogen-bond acceptors (Lipinski definition) is 3. The molecule has 1 aromatic rings. The molecular weight excluding hydrogens is 166 g/mol. The summed E-state index contributed by atoms with van der Waals surface area (Å²) in [5.41, 5.74) is 7.70. The number of rotatable bonds is 1. The summed E-state index contributed by atoms with van der Waals surface area (Å²) < 4.78 is 5.19. The molecule has 2 rings (SSSR count). The molecule has 1 aliphatic rings. The Morgan fingerprint density at radius 2 is 2.31 bits per heavy atom. The first kappa shape index (κ1) is 8.53. The van der Waals surface area contributed by atoms with Crippen molar-refractivity contribution in [3.05, 3.63) is 29.3 Å². The summed E-state index contributed by atoms with van der Waals surface area (Å²) in [6, 6.07) is 5.48. The Labute approximate surface area is 77.1 Å². The topological polar surface area (TPSA) is 55.5 Å². The number of aliphatic hydroxyl groups is 1. The van der Waals surface area contributed by atoms with Crippen LogP contribution in [0.4, 0.5) is 0 Å². The van der Waals surface area contributed by atoms with Crippen molar-refractivity contribution >= 4 is 0 Å². The smallest absolute Gasteiger partial charge is 0.122 e. The fourth-order valence-electron chi connectivity index (χ4n) is 1.85. The first-order valence-corrected chi connectivity index (χ1v) is 4.33. The molecule has 13 heavy (non-hydrogen) atoms. The number of aliphatic hydroxyl groups excluding tert-OH is 1. The molecule has 2 atom stereocenters. The third kappa shape index (κ3) is 1.20. The molecule has 0 radical (unpaired) electrons. The molecule has 70 valence electrons. The Morgan fingerprint density at radius 1 is 1.54 bits per heavy atom. The summed E-state index contributed by atoms with van der Waals surface area (Å²) in [6.07, 6.45) is 0.158. The van der Waals surface area contributed by atoms with Gasteiger partial charge in [-0.1, -0.05) is 12.1 Å². The quantitative estimate of drug-likeness (QED) is 0.664. The van der Waals surface area contributed by atoms with Crippen LogP contribution in [0, 0.1) is 0 Å². The molecule has 1 aromatic carbocycles. The second-order valence-electron chi connectivity index (χ2n) is 3.34. The minimum Gasteiger partial charge on any atom is -0.496 e.